The zero-order valence-electron chi connectivity index (χ0n) is 14.8. The minimum atomic E-state index is -1.11. The molecule has 0 amide bonds. The molecule has 1 unspecified atom stereocenters. The highest BCUT2D eigenvalue weighted by Crippen LogP contribution is 2.20. The average Bonchev–Trinajstić information content (AvgIpc) is 3.11. The zero-order chi connectivity index (χ0) is 19.2. The fraction of sp³-hybridized carbons (Fsp3) is 0.250. The van der Waals surface area contributed by atoms with Gasteiger partial charge >= 0.3 is 5.97 Å². The topological polar surface area (TPSA) is 99.6 Å². The molecular weight excluding hydrogens is 346 g/mol. The van der Waals surface area contributed by atoms with Gasteiger partial charge in [0.15, 0.2) is 5.58 Å². The van der Waals surface area contributed by atoms with Crippen LogP contribution in [0.5, 0.6) is 5.75 Å². The molecule has 27 heavy (non-hydrogen) atoms. The summed E-state index contributed by atoms with van der Waals surface area (Å²) in [6.45, 7) is 1.02. The van der Waals surface area contributed by atoms with Crippen molar-refractivity contribution in [2.24, 2.45) is 5.92 Å². The van der Waals surface area contributed by atoms with E-state index in [4.69, 9.17) is 19.5 Å². The van der Waals surface area contributed by atoms with E-state index in [0.717, 1.165) is 16.7 Å². The van der Waals surface area contributed by atoms with Crippen LogP contribution >= 0.6 is 0 Å². The molecule has 138 valence electrons. The molecule has 0 aliphatic rings. The SMILES string of the molecule is CN(CCOc1ccc(CC(C#N)C(=O)O)cc1)c1nc2ccccc2o1. The number of nitriles is 1. The number of rotatable bonds is 8. The number of carboxylic acids is 1. The molecule has 3 aromatic rings. The Hall–Kier alpha value is -3.53. The largest absolute Gasteiger partial charge is 0.492 e. The second-order valence-electron chi connectivity index (χ2n) is 6.10. The van der Waals surface area contributed by atoms with Gasteiger partial charge in [0, 0.05) is 7.05 Å². The number of hydrogen-bond acceptors (Lipinski definition) is 6. The van der Waals surface area contributed by atoms with Crippen LogP contribution in [-0.4, -0.2) is 36.3 Å². The van der Waals surface area contributed by atoms with Crippen LogP contribution in [0.15, 0.2) is 52.9 Å². The lowest BCUT2D eigenvalue weighted by Crippen LogP contribution is -2.23. The van der Waals surface area contributed by atoms with Gasteiger partial charge in [0.25, 0.3) is 6.01 Å². The van der Waals surface area contributed by atoms with E-state index in [1.807, 2.05) is 36.2 Å². The molecule has 0 fully saturated rings. The van der Waals surface area contributed by atoms with Gasteiger partial charge in [-0.15, -0.1) is 0 Å². The fourth-order valence-corrected chi connectivity index (χ4v) is 2.57. The van der Waals surface area contributed by atoms with Crippen molar-refractivity contribution < 1.29 is 19.1 Å². The molecule has 3 rings (SSSR count). The first-order valence-corrected chi connectivity index (χ1v) is 8.47. The van der Waals surface area contributed by atoms with Crippen molar-refractivity contribution in [2.75, 3.05) is 25.1 Å². The van der Waals surface area contributed by atoms with Gasteiger partial charge < -0.3 is 19.2 Å². The van der Waals surface area contributed by atoms with E-state index < -0.39 is 11.9 Å². The quantitative estimate of drug-likeness (QED) is 0.654. The number of carbonyl (C=O) groups is 1. The first-order valence-electron chi connectivity index (χ1n) is 8.47. The molecule has 0 bridgehead atoms. The number of aliphatic carboxylic acids is 1. The Kier molecular flexibility index (Phi) is 5.57. The third kappa shape index (κ3) is 4.55. The molecule has 0 saturated heterocycles. The number of nitrogens with zero attached hydrogens (tertiary/aromatic N) is 3. The summed E-state index contributed by atoms with van der Waals surface area (Å²) < 4.78 is 11.4. The Morgan fingerprint density at radius 3 is 2.70 bits per heavy atom. The first-order chi connectivity index (χ1) is 13.1. The molecule has 1 aromatic heterocycles. The molecule has 1 N–H and O–H groups in total. The zero-order valence-corrected chi connectivity index (χ0v) is 14.8. The number of carboxylic acid groups (broad SMARTS) is 1. The molecule has 0 radical (unpaired) electrons. The van der Waals surface area contributed by atoms with E-state index in [0.29, 0.717) is 24.9 Å². The standard InChI is InChI=1S/C20H19N3O4/c1-23(20-22-17-4-2-3-5-18(17)27-20)10-11-26-16-8-6-14(7-9-16)12-15(13-21)19(24)25/h2-9,15H,10-12H2,1H3,(H,24,25). The van der Waals surface area contributed by atoms with Gasteiger partial charge in [0.05, 0.1) is 12.6 Å². The molecule has 0 aliphatic heterocycles. The third-order valence-electron chi connectivity index (χ3n) is 4.12. The van der Waals surface area contributed by atoms with Crippen molar-refractivity contribution in [1.29, 1.82) is 5.26 Å². The summed E-state index contributed by atoms with van der Waals surface area (Å²) in [7, 11) is 1.88. The molecule has 0 spiro atoms. The first kappa shape index (κ1) is 18.3. The Morgan fingerprint density at radius 1 is 1.30 bits per heavy atom. The highest BCUT2D eigenvalue weighted by Gasteiger charge is 2.16. The highest BCUT2D eigenvalue weighted by molar-refractivity contribution is 5.74. The maximum Gasteiger partial charge on any atom is 0.321 e. The summed E-state index contributed by atoms with van der Waals surface area (Å²) in [6.07, 6.45) is 0.173. The van der Waals surface area contributed by atoms with Crippen molar-refractivity contribution in [3.63, 3.8) is 0 Å². The van der Waals surface area contributed by atoms with Crippen LogP contribution in [0.1, 0.15) is 5.56 Å². The molecule has 0 aliphatic carbocycles. The van der Waals surface area contributed by atoms with Crippen molar-refractivity contribution >= 4 is 23.1 Å². The van der Waals surface area contributed by atoms with E-state index >= 15 is 0 Å². The summed E-state index contributed by atoms with van der Waals surface area (Å²) in [5.74, 6) is -1.48. The van der Waals surface area contributed by atoms with Crippen molar-refractivity contribution in [3.8, 4) is 11.8 Å². The lowest BCUT2D eigenvalue weighted by molar-refractivity contribution is -0.139. The van der Waals surface area contributed by atoms with Crippen LogP contribution in [0.4, 0.5) is 6.01 Å². The summed E-state index contributed by atoms with van der Waals surface area (Å²) in [5, 5.41) is 17.8. The average molecular weight is 365 g/mol. The number of benzene rings is 2. The van der Waals surface area contributed by atoms with Gasteiger partial charge in [-0.25, -0.2) is 0 Å². The number of hydrogen-bond donors (Lipinski definition) is 1. The van der Waals surface area contributed by atoms with Gasteiger partial charge in [-0.1, -0.05) is 24.3 Å². The molecule has 0 saturated carbocycles. The van der Waals surface area contributed by atoms with Crippen LogP contribution in [0.3, 0.4) is 0 Å². The second kappa shape index (κ2) is 8.23. The monoisotopic (exact) mass is 365 g/mol. The predicted octanol–water partition coefficient (Wildman–Crippen LogP) is 3.11. The molecule has 1 heterocycles. The fourth-order valence-electron chi connectivity index (χ4n) is 2.57. The van der Waals surface area contributed by atoms with Gasteiger partial charge in [-0.3, -0.25) is 4.79 Å². The predicted molar refractivity (Wildman–Crippen MR) is 99.7 cm³/mol. The Balaban J connectivity index is 1.51. The van der Waals surface area contributed by atoms with Crippen LogP contribution < -0.4 is 9.64 Å². The Bertz CT molecular complexity index is 926. The Morgan fingerprint density at radius 2 is 2.04 bits per heavy atom. The van der Waals surface area contributed by atoms with Crippen LogP contribution in [0.25, 0.3) is 11.1 Å². The van der Waals surface area contributed by atoms with Gasteiger partial charge in [-0.2, -0.15) is 10.2 Å². The van der Waals surface area contributed by atoms with E-state index in [2.05, 4.69) is 4.98 Å². The smallest absolute Gasteiger partial charge is 0.321 e. The van der Waals surface area contributed by atoms with Crippen molar-refractivity contribution in [1.82, 2.24) is 4.98 Å². The maximum absolute atomic E-state index is 10.9. The van der Waals surface area contributed by atoms with Crippen LogP contribution in [0, 0.1) is 17.2 Å². The molecule has 7 heteroatoms. The minimum Gasteiger partial charge on any atom is -0.492 e. The van der Waals surface area contributed by atoms with E-state index in [-0.39, 0.29) is 6.42 Å². The van der Waals surface area contributed by atoms with E-state index in [1.54, 1.807) is 30.3 Å². The minimum absolute atomic E-state index is 0.173. The summed E-state index contributed by atoms with van der Waals surface area (Å²) in [6, 6.07) is 17.0. The maximum atomic E-state index is 10.9. The number of aromatic nitrogens is 1. The van der Waals surface area contributed by atoms with Gasteiger partial charge in [0.2, 0.25) is 0 Å². The summed E-state index contributed by atoms with van der Waals surface area (Å²) in [4.78, 5) is 17.2. The normalized spacial score (nSPS) is 11.7. The van der Waals surface area contributed by atoms with E-state index in [9.17, 15) is 4.79 Å². The summed E-state index contributed by atoms with van der Waals surface area (Å²) >= 11 is 0. The van der Waals surface area contributed by atoms with Gasteiger partial charge in [0.1, 0.15) is 23.8 Å². The summed E-state index contributed by atoms with van der Waals surface area (Å²) in [5.41, 5.74) is 2.33. The number of ether oxygens (including phenoxy) is 1. The number of anilines is 1. The third-order valence-corrected chi connectivity index (χ3v) is 4.12. The van der Waals surface area contributed by atoms with E-state index in [1.165, 1.54) is 0 Å². The molecular formula is C20H19N3O4. The van der Waals surface area contributed by atoms with Crippen molar-refractivity contribution in [2.45, 2.75) is 6.42 Å². The highest BCUT2D eigenvalue weighted by atomic mass is 16.5. The molecule has 2 aromatic carbocycles. The molecule has 1 atom stereocenters. The van der Waals surface area contributed by atoms with Gasteiger partial charge in [-0.05, 0) is 36.2 Å². The second-order valence-corrected chi connectivity index (χ2v) is 6.10. The lowest BCUT2D eigenvalue weighted by Gasteiger charge is -2.15. The van der Waals surface area contributed by atoms with Crippen LogP contribution in [-0.2, 0) is 11.2 Å². The Labute approximate surface area is 156 Å². The number of fused-ring (bicyclic) bond motifs is 1. The number of para-hydroxylation sites is 2. The number of likely N-dealkylation sites (N-methyl/N-ethyl adjacent to an activating group) is 1. The van der Waals surface area contributed by atoms with Crippen LogP contribution in [0.2, 0.25) is 0 Å². The lowest BCUT2D eigenvalue weighted by atomic mass is 10.0. The molecule has 7 nitrogen and oxygen atoms in total. The number of oxazole rings is 1. The van der Waals surface area contributed by atoms with Crippen molar-refractivity contribution in [3.05, 3.63) is 54.1 Å².